The van der Waals surface area contributed by atoms with Crippen LogP contribution < -0.4 is 5.32 Å². The van der Waals surface area contributed by atoms with Crippen LogP contribution in [0.25, 0.3) is 10.8 Å². The summed E-state index contributed by atoms with van der Waals surface area (Å²) in [6.07, 6.45) is 3.01. The van der Waals surface area contributed by atoms with Gasteiger partial charge in [-0.15, -0.1) is 0 Å². The molecule has 0 atom stereocenters. The highest BCUT2D eigenvalue weighted by Crippen LogP contribution is 2.30. The van der Waals surface area contributed by atoms with Crippen LogP contribution in [0.1, 0.15) is 24.8 Å². The summed E-state index contributed by atoms with van der Waals surface area (Å²) in [5.74, 6) is 0.0831. The van der Waals surface area contributed by atoms with E-state index in [1.807, 2.05) is 30.3 Å². The van der Waals surface area contributed by atoms with Crippen molar-refractivity contribution in [2.75, 3.05) is 11.9 Å². The molecule has 1 amide bonds. The average molecular weight is 344 g/mol. The molecule has 0 spiro atoms. The second-order valence-electron chi connectivity index (χ2n) is 7.00. The first-order valence-electron chi connectivity index (χ1n) is 9.35. The summed E-state index contributed by atoms with van der Waals surface area (Å²) in [5, 5.41) is 5.58. The maximum atomic E-state index is 12.3. The molecule has 0 heterocycles. The molecule has 4 rings (SSSR count). The zero-order chi connectivity index (χ0) is 17.8. The molecule has 1 saturated carbocycles. The molecule has 132 valence electrons. The van der Waals surface area contributed by atoms with E-state index >= 15 is 0 Å². The fourth-order valence-electron chi connectivity index (χ4n) is 3.47. The maximum Gasteiger partial charge on any atom is 0.225 e. The summed E-state index contributed by atoms with van der Waals surface area (Å²) in [7, 11) is 0. The Morgan fingerprint density at radius 1 is 0.923 bits per heavy atom. The van der Waals surface area contributed by atoms with Gasteiger partial charge in [-0.2, -0.15) is 0 Å². The topological polar surface area (TPSA) is 32.3 Å². The van der Waals surface area contributed by atoms with Gasteiger partial charge in [0.15, 0.2) is 0 Å². The van der Waals surface area contributed by atoms with E-state index < -0.39 is 0 Å². The number of para-hydroxylation sites is 1. The van der Waals surface area contributed by atoms with Crippen LogP contribution in [0.5, 0.6) is 0 Å². The Kier molecular flexibility index (Phi) is 4.98. The van der Waals surface area contributed by atoms with Gasteiger partial charge in [0.1, 0.15) is 0 Å². The quantitative estimate of drug-likeness (QED) is 0.665. The molecule has 0 aromatic heterocycles. The molecule has 1 aliphatic carbocycles. The number of benzene rings is 3. The van der Waals surface area contributed by atoms with Crippen molar-refractivity contribution in [1.29, 1.82) is 0 Å². The molecule has 0 bridgehead atoms. The molecule has 0 radical (unpaired) electrons. The number of fused-ring (bicyclic) bond motifs is 1. The van der Waals surface area contributed by atoms with E-state index in [1.165, 1.54) is 29.2 Å². The molecule has 1 N–H and O–H groups in total. The fraction of sp³-hybridized carbons (Fsp3) is 0.261. The van der Waals surface area contributed by atoms with E-state index in [9.17, 15) is 4.79 Å². The highest BCUT2D eigenvalue weighted by Gasteiger charge is 2.29. The van der Waals surface area contributed by atoms with E-state index in [0.29, 0.717) is 12.5 Å². The molecule has 0 saturated heterocycles. The van der Waals surface area contributed by atoms with E-state index in [4.69, 9.17) is 0 Å². The first-order chi connectivity index (χ1) is 12.8. The predicted octanol–water partition coefficient (Wildman–Crippen LogP) is 4.83. The molecular weight excluding hydrogens is 320 g/mol. The van der Waals surface area contributed by atoms with Crippen molar-refractivity contribution >= 4 is 22.4 Å². The lowest BCUT2D eigenvalue weighted by Gasteiger charge is -2.22. The Morgan fingerprint density at radius 2 is 1.65 bits per heavy atom. The second kappa shape index (κ2) is 7.71. The number of amides is 1. The second-order valence-corrected chi connectivity index (χ2v) is 7.00. The average Bonchev–Trinajstić information content (AvgIpc) is 3.51. The molecular formula is C23H24N2O. The summed E-state index contributed by atoms with van der Waals surface area (Å²) in [6, 6.07) is 25.3. The van der Waals surface area contributed by atoms with Crippen LogP contribution in [0.15, 0.2) is 72.8 Å². The third-order valence-corrected chi connectivity index (χ3v) is 5.00. The highest BCUT2D eigenvalue weighted by atomic mass is 16.1. The van der Waals surface area contributed by atoms with Crippen LogP contribution in [0, 0.1) is 0 Å². The van der Waals surface area contributed by atoms with Crippen LogP contribution in [0.2, 0.25) is 0 Å². The van der Waals surface area contributed by atoms with Crippen molar-refractivity contribution in [2.45, 2.75) is 31.8 Å². The van der Waals surface area contributed by atoms with Gasteiger partial charge in [0.05, 0.1) is 0 Å². The monoisotopic (exact) mass is 344 g/mol. The molecule has 1 fully saturated rings. The normalized spacial score (nSPS) is 13.9. The van der Waals surface area contributed by atoms with Crippen molar-refractivity contribution in [3.8, 4) is 0 Å². The minimum atomic E-state index is 0.0831. The summed E-state index contributed by atoms with van der Waals surface area (Å²) in [6.45, 7) is 1.71. The van der Waals surface area contributed by atoms with Gasteiger partial charge in [-0.3, -0.25) is 9.69 Å². The molecule has 0 unspecified atom stereocenters. The van der Waals surface area contributed by atoms with Crippen molar-refractivity contribution in [3.63, 3.8) is 0 Å². The number of anilines is 1. The Bertz CT molecular complexity index is 882. The van der Waals surface area contributed by atoms with Crippen molar-refractivity contribution < 1.29 is 4.79 Å². The number of carbonyl (C=O) groups excluding carboxylic acids is 1. The van der Waals surface area contributed by atoms with Gasteiger partial charge in [-0.1, -0.05) is 60.7 Å². The Labute approximate surface area is 154 Å². The van der Waals surface area contributed by atoms with Gasteiger partial charge >= 0.3 is 0 Å². The van der Waals surface area contributed by atoms with Gasteiger partial charge in [-0.25, -0.2) is 0 Å². The van der Waals surface area contributed by atoms with Crippen LogP contribution in [-0.4, -0.2) is 23.4 Å². The third kappa shape index (κ3) is 4.12. The van der Waals surface area contributed by atoms with Crippen LogP contribution >= 0.6 is 0 Å². The smallest absolute Gasteiger partial charge is 0.225 e. The van der Waals surface area contributed by atoms with Gasteiger partial charge in [0.25, 0.3) is 0 Å². The number of rotatable bonds is 7. The number of carbonyl (C=O) groups is 1. The Morgan fingerprint density at radius 3 is 2.46 bits per heavy atom. The predicted molar refractivity (Wildman–Crippen MR) is 107 cm³/mol. The number of hydrogen-bond acceptors (Lipinski definition) is 2. The summed E-state index contributed by atoms with van der Waals surface area (Å²) in [4.78, 5) is 14.8. The highest BCUT2D eigenvalue weighted by molar-refractivity contribution is 5.90. The van der Waals surface area contributed by atoms with Crippen LogP contribution in [-0.2, 0) is 11.3 Å². The van der Waals surface area contributed by atoms with E-state index in [0.717, 1.165) is 18.8 Å². The maximum absolute atomic E-state index is 12.3. The zero-order valence-electron chi connectivity index (χ0n) is 14.9. The summed E-state index contributed by atoms with van der Waals surface area (Å²) < 4.78 is 0. The number of nitrogens with zero attached hydrogens (tertiary/aromatic N) is 1. The first kappa shape index (κ1) is 16.8. The largest absolute Gasteiger partial charge is 0.326 e. The van der Waals surface area contributed by atoms with Crippen molar-refractivity contribution in [1.82, 2.24) is 4.90 Å². The lowest BCUT2D eigenvalue weighted by atomic mass is 10.0. The summed E-state index contributed by atoms with van der Waals surface area (Å²) >= 11 is 0. The van der Waals surface area contributed by atoms with Gasteiger partial charge in [0, 0.05) is 31.2 Å². The molecule has 3 heteroatoms. The van der Waals surface area contributed by atoms with E-state index in [1.54, 1.807) is 0 Å². The molecule has 1 aliphatic rings. The molecule has 3 aromatic carbocycles. The minimum Gasteiger partial charge on any atom is -0.326 e. The van der Waals surface area contributed by atoms with Crippen LogP contribution in [0.4, 0.5) is 5.69 Å². The Hall–Kier alpha value is -2.65. The lowest BCUT2D eigenvalue weighted by molar-refractivity contribution is -0.116. The number of hydrogen-bond donors (Lipinski definition) is 1. The molecule has 3 aromatic rings. The van der Waals surface area contributed by atoms with E-state index in [2.05, 4.69) is 52.7 Å². The summed E-state index contributed by atoms with van der Waals surface area (Å²) in [5.41, 5.74) is 2.21. The third-order valence-electron chi connectivity index (χ3n) is 5.00. The van der Waals surface area contributed by atoms with Crippen LogP contribution in [0.3, 0.4) is 0 Å². The molecule has 0 aliphatic heterocycles. The van der Waals surface area contributed by atoms with Crippen molar-refractivity contribution in [3.05, 3.63) is 78.4 Å². The fourth-order valence-corrected chi connectivity index (χ4v) is 3.47. The molecule has 3 nitrogen and oxygen atoms in total. The minimum absolute atomic E-state index is 0.0831. The standard InChI is InChI=1S/C23H24N2O/c26-23(24-20-10-2-1-3-11-20)15-16-25(21-13-14-21)17-19-9-6-8-18-7-4-5-12-22(18)19/h1-12,21H,13-17H2,(H,24,26). The molecule has 26 heavy (non-hydrogen) atoms. The first-order valence-corrected chi connectivity index (χ1v) is 9.35. The Balaban J connectivity index is 1.41. The van der Waals surface area contributed by atoms with E-state index in [-0.39, 0.29) is 5.91 Å². The lowest BCUT2D eigenvalue weighted by Crippen LogP contribution is -2.29. The zero-order valence-corrected chi connectivity index (χ0v) is 14.9. The van der Waals surface area contributed by atoms with Gasteiger partial charge in [-0.05, 0) is 41.3 Å². The van der Waals surface area contributed by atoms with Crippen molar-refractivity contribution in [2.24, 2.45) is 0 Å². The van der Waals surface area contributed by atoms with Gasteiger partial charge in [0.2, 0.25) is 5.91 Å². The van der Waals surface area contributed by atoms with Gasteiger partial charge < -0.3 is 5.32 Å². The SMILES string of the molecule is O=C(CCN(Cc1cccc2ccccc12)C1CC1)Nc1ccccc1. The number of nitrogens with one attached hydrogen (secondary N) is 1.